The molecule has 0 spiro atoms. The van der Waals surface area contributed by atoms with Gasteiger partial charge in [0.25, 0.3) is 5.79 Å². The highest BCUT2D eigenvalue weighted by Crippen LogP contribution is 2.30. The normalized spacial score (nSPS) is 18.5. The molecule has 1 fully saturated rings. The summed E-state index contributed by atoms with van der Waals surface area (Å²) in [5.74, 6) is -3.68. The van der Waals surface area contributed by atoms with Crippen LogP contribution in [0.15, 0.2) is 35.9 Å². The third-order valence-electron chi connectivity index (χ3n) is 3.62. The van der Waals surface area contributed by atoms with Gasteiger partial charge < -0.3 is 9.47 Å². The van der Waals surface area contributed by atoms with Gasteiger partial charge in [-0.05, 0) is 42.5 Å². The van der Waals surface area contributed by atoms with Crippen LogP contribution >= 0.6 is 0 Å². The molecule has 0 radical (unpaired) electrons. The van der Waals surface area contributed by atoms with E-state index in [0.717, 1.165) is 5.56 Å². The summed E-state index contributed by atoms with van der Waals surface area (Å²) in [7, 11) is 0. The van der Waals surface area contributed by atoms with E-state index in [0.29, 0.717) is 24.8 Å². The number of carbonyl (C=O) groups is 2. The van der Waals surface area contributed by atoms with Gasteiger partial charge in [0.15, 0.2) is 5.92 Å². The number of cyclic esters (lactones) is 2. The van der Waals surface area contributed by atoms with Crippen molar-refractivity contribution < 1.29 is 23.5 Å². The minimum atomic E-state index is -1.22. The molecule has 1 aliphatic heterocycles. The van der Waals surface area contributed by atoms with Gasteiger partial charge in [-0.3, -0.25) is 9.59 Å². The summed E-state index contributed by atoms with van der Waals surface area (Å²) in [6, 6.07) is 6.17. The number of benzene rings is 1. The first-order valence-corrected chi connectivity index (χ1v) is 7.71. The Balaban J connectivity index is 2.12. The molecule has 0 bridgehead atoms. The second-order valence-electron chi connectivity index (χ2n) is 5.99. The van der Waals surface area contributed by atoms with E-state index in [1.54, 1.807) is 12.1 Å². The maximum Gasteiger partial charge on any atom is 0.327 e. The molecule has 4 nitrogen and oxygen atoms in total. The molecule has 0 N–H and O–H groups in total. The first kappa shape index (κ1) is 17.2. The van der Waals surface area contributed by atoms with E-state index in [1.807, 2.05) is 13.0 Å². The molecule has 0 atom stereocenters. The van der Waals surface area contributed by atoms with E-state index in [4.69, 9.17) is 9.47 Å². The van der Waals surface area contributed by atoms with Crippen molar-refractivity contribution in [1.29, 1.82) is 0 Å². The minimum Gasteiger partial charge on any atom is -0.422 e. The molecule has 5 heteroatoms. The van der Waals surface area contributed by atoms with Crippen molar-refractivity contribution in [2.75, 3.05) is 0 Å². The third-order valence-corrected chi connectivity index (χ3v) is 3.62. The van der Waals surface area contributed by atoms with Gasteiger partial charge in [0.1, 0.15) is 5.82 Å². The fraction of sp³-hybridized carbons (Fsp3) is 0.444. The number of ether oxygens (including phenoxy) is 2. The Morgan fingerprint density at radius 1 is 1.17 bits per heavy atom. The lowest BCUT2D eigenvalue weighted by atomic mass is 9.91. The lowest BCUT2D eigenvalue weighted by Gasteiger charge is -2.33. The number of aryl methyl sites for hydroxylation is 1. The molecular weight excluding hydrogens is 299 g/mol. The van der Waals surface area contributed by atoms with Gasteiger partial charge in [-0.15, -0.1) is 0 Å². The van der Waals surface area contributed by atoms with Crippen molar-refractivity contribution in [3.63, 3.8) is 0 Å². The van der Waals surface area contributed by atoms with Crippen LogP contribution < -0.4 is 0 Å². The van der Waals surface area contributed by atoms with E-state index in [1.165, 1.54) is 26.0 Å². The zero-order chi connectivity index (χ0) is 17.0. The number of hydrogen-bond donors (Lipinski definition) is 0. The molecule has 1 aromatic rings. The largest absolute Gasteiger partial charge is 0.422 e. The predicted molar refractivity (Wildman–Crippen MR) is 82.8 cm³/mol. The molecule has 0 aliphatic carbocycles. The van der Waals surface area contributed by atoms with E-state index < -0.39 is 23.6 Å². The molecule has 1 heterocycles. The predicted octanol–water partition coefficient (Wildman–Crippen LogP) is 3.55. The van der Waals surface area contributed by atoms with Gasteiger partial charge in [-0.2, -0.15) is 0 Å². The number of halogens is 1. The van der Waals surface area contributed by atoms with E-state index in [9.17, 15) is 14.0 Å². The molecular formula is C18H21FO4. The lowest BCUT2D eigenvalue weighted by molar-refractivity contribution is -0.237. The molecule has 0 saturated carbocycles. The highest BCUT2D eigenvalue weighted by atomic mass is 19.1. The first-order chi connectivity index (χ1) is 10.8. The average molecular weight is 320 g/mol. The Labute approximate surface area is 135 Å². The van der Waals surface area contributed by atoms with Gasteiger partial charge in [0, 0.05) is 13.8 Å². The number of esters is 2. The Kier molecular flexibility index (Phi) is 5.19. The van der Waals surface area contributed by atoms with Crippen molar-refractivity contribution >= 4 is 11.9 Å². The second kappa shape index (κ2) is 6.94. The van der Waals surface area contributed by atoms with Crippen LogP contribution in [0.2, 0.25) is 0 Å². The van der Waals surface area contributed by atoms with Crippen LogP contribution in [0.5, 0.6) is 0 Å². The topological polar surface area (TPSA) is 52.6 Å². The number of carbonyl (C=O) groups excluding carboxylic acids is 2. The SMILES string of the molecule is CC/C=C(\CCc1ccc(F)cc1)C1C(=O)OC(C)(C)OC1=O. The summed E-state index contributed by atoms with van der Waals surface area (Å²) in [4.78, 5) is 24.4. The standard InChI is InChI=1S/C18H21FO4/c1-4-5-13(9-6-12-7-10-14(19)11-8-12)15-16(20)22-18(2,3)23-17(15)21/h5,7-8,10-11,15H,4,6,9H2,1-3H3/b13-5+. The molecule has 1 aliphatic rings. The van der Waals surface area contributed by atoms with Crippen molar-refractivity contribution in [2.45, 2.75) is 45.8 Å². The summed E-state index contributed by atoms with van der Waals surface area (Å²) in [6.07, 6.45) is 3.66. The highest BCUT2D eigenvalue weighted by Gasteiger charge is 2.44. The summed E-state index contributed by atoms with van der Waals surface area (Å²) < 4.78 is 23.3. The van der Waals surface area contributed by atoms with Crippen LogP contribution in [0.1, 0.15) is 39.2 Å². The molecule has 0 amide bonds. The van der Waals surface area contributed by atoms with E-state index in [2.05, 4.69) is 0 Å². The number of rotatable bonds is 5. The van der Waals surface area contributed by atoms with Gasteiger partial charge in [-0.1, -0.05) is 25.1 Å². The van der Waals surface area contributed by atoms with Gasteiger partial charge in [-0.25, -0.2) is 4.39 Å². The van der Waals surface area contributed by atoms with Crippen molar-refractivity contribution in [1.82, 2.24) is 0 Å². The smallest absolute Gasteiger partial charge is 0.327 e. The second-order valence-corrected chi connectivity index (χ2v) is 5.99. The van der Waals surface area contributed by atoms with E-state index >= 15 is 0 Å². The maximum atomic E-state index is 12.9. The van der Waals surface area contributed by atoms with Crippen LogP contribution in [0.25, 0.3) is 0 Å². The maximum absolute atomic E-state index is 12.9. The van der Waals surface area contributed by atoms with Crippen LogP contribution in [0, 0.1) is 11.7 Å². The average Bonchev–Trinajstić information content (AvgIpc) is 2.44. The molecule has 23 heavy (non-hydrogen) atoms. The summed E-state index contributed by atoms with van der Waals surface area (Å²) >= 11 is 0. The van der Waals surface area contributed by atoms with Crippen molar-refractivity contribution in [3.8, 4) is 0 Å². The zero-order valence-corrected chi connectivity index (χ0v) is 13.6. The molecule has 0 unspecified atom stereocenters. The monoisotopic (exact) mass is 320 g/mol. The third kappa shape index (κ3) is 4.41. The lowest BCUT2D eigenvalue weighted by Crippen LogP contribution is -2.46. The Bertz CT molecular complexity index is 596. The molecule has 1 saturated heterocycles. The van der Waals surface area contributed by atoms with Crippen LogP contribution in [-0.2, 0) is 25.5 Å². The zero-order valence-electron chi connectivity index (χ0n) is 13.6. The van der Waals surface area contributed by atoms with Crippen LogP contribution in [-0.4, -0.2) is 17.7 Å². The molecule has 2 rings (SSSR count). The van der Waals surface area contributed by atoms with Gasteiger partial charge in [0.2, 0.25) is 0 Å². The molecule has 1 aromatic carbocycles. The Hall–Kier alpha value is -2.17. The quantitative estimate of drug-likeness (QED) is 0.473. The Morgan fingerprint density at radius 2 is 1.74 bits per heavy atom. The van der Waals surface area contributed by atoms with Crippen molar-refractivity contribution in [2.24, 2.45) is 5.92 Å². The Morgan fingerprint density at radius 3 is 2.26 bits per heavy atom. The highest BCUT2D eigenvalue weighted by molar-refractivity contribution is 5.99. The van der Waals surface area contributed by atoms with E-state index in [-0.39, 0.29) is 5.82 Å². The summed E-state index contributed by atoms with van der Waals surface area (Å²) in [6.45, 7) is 4.99. The fourth-order valence-corrected chi connectivity index (χ4v) is 2.59. The summed E-state index contributed by atoms with van der Waals surface area (Å²) in [5, 5.41) is 0. The van der Waals surface area contributed by atoms with Gasteiger partial charge >= 0.3 is 11.9 Å². The number of hydrogen-bond acceptors (Lipinski definition) is 4. The minimum absolute atomic E-state index is 0.292. The van der Waals surface area contributed by atoms with Crippen LogP contribution in [0.3, 0.4) is 0 Å². The number of allylic oxidation sites excluding steroid dienone is 1. The molecule has 124 valence electrons. The first-order valence-electron chi connectivity index (χ1n) is 7.71. The van der Waals surface area contributed by atoms with Crippen molar-refractivity contribution in [3.05, 3.63) is 47.3 Å². The summed E-state index contributed by atoms with van der Waals surface area (Å²) in [5.41, 5.74) is 1.62. The molecule has 0 aromatic heterocycles. The van der Waals surface area contributed by atoms with Crippen LogP contribution in [0.4, 0.5) is 4.39 Å². The fourth-order valence-electron chi connectivity index (χ4n) is 2.59. The van der Waals surface area contributed by atoms with Gasteiger partial charge in [0.05, 0.1) is 0 Å².